The van der Waals surface area contributed by atoms with Gasteiger partial charge in [0, 0.05) is 23.4 Å². The van der Waals surface area contributed by atoms with Gasteiger partial charge in [-0.15, -0.1) is 0 Å². The van der Waals surface area contributed by atoms with Crippen LogP contribution in [0.3, 0.4) is 0 Å². The summed E-state index contributed by atoms with van der Waals surface area (Å²) in [4.78, 5) is 30.8. The molecule has 1 aliphatic rings. The minimum atomic E-state index is -0.358. The number of carbonyl (C=O) groups is 1. The number of fused-ring (bicyclic) bond motifs is 1. The molecule has 2 aromatic carbocycles. The zero-order chi connectivity index (χ0) is 22.5. The van der Waals surface area contributed by atoms with Gasteiger partial charge in [-0.25, -0.2) is 9.18 Å². The predicted octanol–water partition coefficient (Wildman–Crippen LogP) is 5.43. The van der Waals surface area contributed by atoms with Gasteiger partial charge in [-0.1, -0.05) is 25.7 Å². The number of ether oxygens (including phenoxy) is 1. The van der Waals surface area contributed by atoms with Gasteiger partial charge < -0.3 is 19.9 Å². The van der Waals surface area contributed by atoms with Crippen molar-refractivity contribution in [3.05, 3.63) is 70.3 Å². The molecular weight excluding hydrogens is 409 g/mol. The molecule has 1 saturated carbocycles. The molecule has 1 heterocycles. The number of pyridine rings is 1. The van der Waals surface area contributed by atoms with Gasteiger partial charge >= 0.3 is 6.03 Å². The number of benzene rings is 2. The van der Waals surface area contributed by atoms with E-state index in [1.54, 1.807) is 18.1 Å². The number of rotatable bonds is 5. The van der Waals surface area contributed by atoms with Gasteiger partial charge in [0.2, 0.25) is 0 Å². The van der Waals surface area contributed by atoms with Gasteiger partial charge in [0.15, 0.2) is 0 Å². The Kier molecular flexibility index (Phi) is 6.73. The summed E-state index contributed by atoms with van der Waals surface area (Å²) in [6.07, 6.45) is 6.22. The number of halogens is 1. The fraction of sp³-hybridized carbons (Fsp3) is 0.360. The van der Waals surface area contributed by atoms with Gasteiger partial charge in [-0.3, -0.25) is 4.79 Å². The maximum absolute atomic E-state index is 13.3. The van der Waals surface area contributed by atoms with Crippen LogP contribution >= 0.6 is 0 Å². The predicted molar refractivity (Wildman–Crippen MR) is 124 cm³/mol. The largest absolute Gasteiger partial charge is 0.497 e. The topological polar surface area (TPSA) is 74.4 Å². The van der Waals surface area contributed by atoms with Crippen LogP contribution in [-0.2, 0) is 6.54 Å². The number of urea groups is 1. The lowest BCUT2D eigenvalue weighted by Crippen LogP contribution is -2.43. The Morgan fingerprint density at radius 1 is 1.09 bits per heavy atom. The number of methoxy groups -OCH3 is 1. The highest BCUT2D eigenvalue weighted by atomic mass is 19.1. The van der Waals surface area contributed by atoms with E-state index in [-0.39, 0.29) is 30.0 Å². The highest BCUT2D eigenvalue weighted by Gasteiger charge is 2.26. The molecule has 0 atom stereocenters. The van der Waals surface area contributed by atoms with Crippen LogP contribution in [0, 0.1) is 5.82 Å². The Hall–Kier alpha value is -3.35. The number of nitrogens with zero attached hydrogens (tertiary/aromatic N) is 1. The molecule has 0 saturated heterocycles. The van der Waals surface area contributed by atoms with Gasteiger partial charge in [0.25, 0.3) is 5.56 Å². The molecule has 2 amide bonds. The normalized spacial score (nSPS) is 14.7. The second-order valence-electron chi connectivity index (χ2n) is 8.29. The monoisotopic (exact) mass is 437 g/mol. The Balaban J connectivity index is 1.63. The minimum absolute atomic E-state index is 0.0453. The first-order valence-corrected chi connectivity index (χ1v) is 11.1. The summed E-state index contributed by atoms with van der Waals surface area (Å²) in [5.74, 6) is 0.308. The van der Waals surface area contributed by atoms with Crippen molar-refractivity contribution in [3.8, 4) is 5.75 Å². The van der Waals surface area contributed by atoms with Crippen molar-refractivity contribution in [3.63, 3.8) is 0 Å². The van der Waals surface area contributed by atoms with Crippen LogP contribution in [0.25, 0.3) is 10.9 Å². The zero-order valence-electron chi connectivity index (χ0n) is 18.2. The Bertz CT molecular complexity index is 1140. The number of carbonyl (C=O) groups excluding carboxylic acids is 1. The first-order valence-electron chi connectivity index (χ1n) is 11.1. The molecule has 0 unspecified atom stereocenters. The minimum Gasteiger partial charge on any atom is -0.497 e. The van der Waals surface area contributed by atoms with E-state index in [0.29, 0.717) is 22.5 Å². The van der Waals surface area contributed by atoms with E-state index in [1.807, 2.05) is 18.2 Å². The number of hydrogen-bond donors (Lipinski definition) is 2. The van der Waals surface area contributed by atoms with Crippen molar-refractivity contribution in [1.29, 1.82) is 0 Å². The van der Waals surface area contributed by atoms with Crippen molar-refractivity contribution in [2.75, 3.05) is 12.4 Å². The van der Waals surface area contributed by atoms with Crippen LogP contribution in [0.1, 0.15) is 44.1 Å². The van der Waals surface area contributed by atoms with Crippen LogP contribution in [-0.4, -0.2) is 29.1 Å². The Morgan fingerprint density at radius 2 is 1.81 bits per heavy atom. The molecule has 6 nitrogen and oxygen atoms in total. The standard InChI is InChI=1S/C25H28FN3O3/c1-32-22-13-8-17-14-18(24(30)28-23(17)15-22)16-29(21-6-4-2-3-5-7-21)25(31)27-20-11-9-19(26)10-12-20/h8-15,21H,2-7,16H2,1H3,(H,27,31)(H,28,30). The van der Waals surface area contributed by atoms with Crippen molar-refractivity contribution >= 4 is 22.6 Å². The number of aromatic amines is 1. The van der Waals surface area contributed by atoms with Crippen LogP contribution in [0.5, 0.6) is 5.75 Å². The van der Waals surface area contributed by atoms with E-state index in [1.165, 1.54) is 24.3 Å². The van der Waals surface area contributed by atoms with Crippen molar-refractivity contribution in [2.24, 2.45) is 0 Å². The molecule has 0 radical (unpaired) electrons. The molecule has 0 aliphatic heterocycles. The van der Waals surface area contributed by atoms with Crippen molar-refractivity contribution in [2.45, 2.75) is 51.1 Å². The van der Waals surface area contributed by atoms with Gasteiger partial charge in [-0.2, -0.15) is 0 Å². The molecule has 2 N–H and O–H groups in total. The summed E-state index contributed by atoms with van der Waals surface area (Å²) in [6, 6.07) is 12.8. The van der Waals surface area contributed by atoms with E-state index in [4.69, 9.17) is 4.74 Å². The van der Waals surface area contributed by atoms with Crippen LogP contribution in [0.15, 0.2) is 53.3 Å². The van der Waals surface area contributed by atoms with Crippen LogP contribution in [0.2, 0.25) is 0 Å². The molecule has 32 heavy (non-hydrogen) atoms. The van der Waals surface area contributed by atoms with Gasteiger partial charge in [-0.05, 0) is 60.7 Å². The summed E-state index contributed by atoms with van der Waals surface area (Å²) in [5.41, 5.74) is 1.52. The quantitative estimate of drug-likeness (QED) is 0.523. The third-order valence-electron chi connectivity index (χ3n) is 6.09. The number of aromatic nitrogens is 1. The van der Waals surface area contributed by atoms with Crippen LogP contribution in [0.4, 0.5) is 14.9 Å². The third kappa shape index (κ3) is 5.10. The molecule has 1 fully saturated rings. The highest BCUT2D eigenvalue weighted by Crippen LogP contribution is 2.25. The van der Waals surface area contributed by atoms with Crippen molar-refractivity contribution < 1.29 is 13.9 Å². The SMILES string of the molecule is COc1ccc2cc(CN(C(=O)Nc3ccc(F)cc3)C3CCCCCC3)c(=O)[nH]c2c1. The number of nitrogens with one attached hydrogen (secondary N) is 2. The highest BCUT2D eigenvalue weighted by molar-refractivity contribution is 5.89. The van der Waals surface area contributed by atoms with Gasteiger partial charge in [0.1, 0.15) is 11.6 Å². The molecule has 7 heteroatoms. The number of amides is 2. The lowest BCUT2D eigenvalue weighted by molar-refractivity contribution is 0.175. The smallest absolute Gasteiger partial charge is 0.322 e. The fourth-order valence-corrected chi connectivity index (χ4v) is 4.32. The molecule has 3 aromatic rings. The zero-order valence-corrected chi connectivity index (χ0v) is 18.2. The molecule has 1 aromatic heterocycles. The molecular formula is C25H28FN3O3. The van der Waals surface area contributed by atoms with Gasteiger partial charge in [0.05, 0.1) is 19.2 Å². The molecule has 1 aliphatic carbocycles. The number of H-pyrrole nitrogens is 1. The number of anilines is 1. The molecule has 0 bridgehead atoms. The average Bonchev–Trinajstić information content (AvgIpc) is 3.08. The molecule has 4 rings (SSSR count). The number of hydrogen-bond acceptors (Lipinski definition) is 3. The van der Waals surface area contributed by atoms with E-state index in [9.17, 15) is 14.0 Å². The third-order valence-corrected chi connectivity index (χ3v) is 6.09. The van der Waals surface area contributed by atoms with E-state index in [2.05, 4.69) is 10.3 Å². The summed E-state index contributed by atoms with van der Waals surface area (Å²) < 4.78 is 18.5. The maximum Gasteiger partial charge on any atom is 0.322 e. The second kappa shape index (κ2) is 9.85. The molecule has 0 spiro atoms. The van der Waals surface area contributed by atoms with Crippen LogP contribution < -0.4 is 15.6 Å². The summed E-state index contributed by atoms with van der Waals surface area (Å²) in [7, 11) is 1.58. The lowest BCUT2D eigenvalue weighted by atomic mass is 10.1. The lowest BCUT2D eigenvalue weighted by Gasteiger charge is -2.31. The second-order valence-corrected chi connectivity index (χ2v) is 8.29. The first-order chi connectivity index (χ1) is 15.5. The summed E-state index contributed by atoms with van der Waals surface area (Å²) >= 11 is 0. The fourth-order valence-electron chi connectivity index (χ4n) is 4.32. The summed E-state index contributed by atoms with van der Waals surface area (Å²) in [6.45, 7) is 0.203. The van der Waals surface area contributed by atoms with E-state index >= 15 is 0 Å². The van der Waals surface area contributed by atoms with E-state index in [0.717, 1.165) is 43.9 Å². The maximum atomic E-state index is 13.3. The Morgan fingerprint density at radius 3 is 2.50 bits per heavy atom. The summed E-state index contributed by atoms with van der Waals surface area (Å²) in [5, 5.41) is 3.75. The van der Waals surface area contributed by atoms with E-state index < -0.39 is 0 Å². The average molecular weight is 438 g/mol. The molecule has 168 valence electrons. The first kappa shape index (κ1) is 21.9. The Labute approximate surface area is 186 Å². The van der Waals surface area contributed by atoms with Crippen molar-refractivity contribution in [1.82, 2.24) is 9.88 Å².